The smallest absolute Gasteiger partial charge is 0.248 e. The summed E-state index contributed by atoms with van der Waals surface area (Å²) in [6.45, 7) is 2.51. The Morgan fingerprint density at radius 1 is 1.53 bits per heavy atom. The van der Waals surface area contributed by atoms with E-state index in [0.29, 0.717) is 6.54 Å². The normalized spacial score (nSPS) is 19.5. The molecule has 1 atom stereocenters. The highest BCUT2D eigenvalue weighted by atomic mass is 19.1. The topological polar surface area (TPSA) is 32.3 Å². The van der Waals surface area contributed by atoms with Gasteiger partial charge in [0.2, 0.25) is 5.91 Å². The molecule has 1 N–H and O–H groups in total. The molecular weight excluding hydrogens is 195 g/mol. The van der Waals surface area contributed by atoms with E-state index >= 15 is 0 Å². The summed E-state index contributed by atoms with van der Waals surface area (Å²) in [7, 11) is 1.70. The van der Waals surface area contributed by atoms with E-state index in [9.17, 15) is 9.18 Å². The number of likely N-dealkylation sites (N-methyl/N-ethyl adjacent to an activating group) is 2. The summed E-state index contributed by atoms with van der Waals surface area (Å²) in [4.78, 5) is 13.5. The number of halogens is 1. The Morgan fingerprint density at radius 2 is 2.27 bits per heavy atom. The molecule has 1 aliphatic heterocycles. The van der Waals surface area contributed by atoms with Crippen LogP contribution in [0, 0.1) is 5.82 Å². The number of benzene rings is 1. The fourth-order valence-corrected chi connectivity index (χ4v) is 2.02. The fraction of sp³-hybridized carbons (Fsp3) is 0.364. The van der Waals surface area contributed by atoms with Crippen molar-refractivity contribution in [2.24, 2.45) is 0 Å². The maximum atomic E-state index is 13.1. The molecule has 1 aromatic rings. The Morgan fingerprint density at radius 3 is 2.87 bits per heavy atom. The zero-order valence-electron chi connectivity index (χ0n) is 8.75. The predicted octanol–water partition coefficient (Wildman–Crippen LogP) is 1.45. The second-order valence-electron chi connectivity index (χ2n) is 3.51. The molecule has 4 heteroatoms. The fourth-order valence-electron chi connectivity index (χ4n) is 2.02. The third kappa shape index (κ3) is 1.41. The molecule has 0 aliphatic carbocycles. The first-order valence-corrected chi connectivity index (χ1v) is 4.97. The Hall–Kier alpha value is -1.42. The molecule has 1 unspecified atom stereocenters. The Kier molecular flexibility index (Phi) is 2.44. The van der Waals surface area contributed by atoms with Crippen LogP contribution in [0.1, 0.15) is 18.5 Å². The van der Waals surface area contributed by atoms with Crippen LogP contribution in [0.15, 0.2) is 18.2 Å². The van der Waals surface area contributed by atoms with Crippen molar-refractivity contribution in [1.82, 2.24) is 5.32 Å². The number of hydrogen-bond acceptors (Lipinski definition) is 2. The molecule has 3 nitrogen and oxygen atoms in total. The number of carbonyl (C=O) groups excluding carboxylic acids is 1. The van der Waals surface area contributed by atoms with Gasteiger partial charge in [0, 0.05) is 17.8 Å². The van der Waals surface area contributed by atoms with E-state index in [1.807, 2.05) is 6.92 Å². The zero-order valence-corrected chi connectivity index (χ0v) is 8.75. The largest absolute Gasteiger partial charge is 0.311 e. The number of amides is 1. The lowest BCUT2D eigenvalue weighted by molar-refractivity contribution is -0.119. The lowest BCUT2D eigenvalue weighted by Crippen LogP contribution is -2.32. The van der Waals surface area contributed by atoms with Gasteiger partial charge < -0.3 is 10.2 Å². The molecule has 0 saturated heterocycles. The molecule has 0 bridgehead atoms. The number of carbonyl (C=O) groups is 1. The molecular formula is C11H13FN2O. The number of rotatable bonds is 2. The van der Waals surface area contributed by atoms with Crippen LogP contribution in [0.3, 0.4) is 0 Å². The number of nitrogens with zero attached hydrogens (tertiary/aromatic N) is 1. The molecule has 0 spiro atoms. The number of hydrogen-bond donors (Lipinski definition) is 1. The molecule has 2 rings (SSSR count). The van der Waals surface area contributed by atoms with Crippen molar-refractivity contribution in [3.63, 3.8) is 0 Å². The van der Waals surface area contributed by atoms with Gasteiger partial charge >= 0.3 is 0 Å². The van der Waals surface area contributed by atoms with Crippen LogP contribution in [-0.2, 0) is 4.79 Å². The van der Waals surface area contributed by atoms with Crippen LogP contribution in [0.25, 0.3) is 0 Å². The van der Waals surface area contributed by atoms with E-state index < -0.39 is 6.04 Å². The van der Waals surface area contributed by atoms with Gasteiger partial charge in [-0.3, -0.25) is 4.79 Å². The second-order valence-corrected chi connectivity index (χ2v) is 3.51. The summed E-state index contributed by atoms with van der Waals surface area (Å²) in [6, 6.07) is 4.05. The van der Waals surface area contributed by atoms with Crippen molar-refractivity contribution in [3.05, 3.63) is 29.6 Å². The van der Waals surface area contributed by atoms with Crippen LogP contribution in [0.5, 0.6) is 0 Å². The van der Waals surface area contributed by atoms with Gasteiger partial charge in [-0.1, -0.05) is 0 Å². The number of anilines is 1. The van der Waals surface area contributed by atoms with Crippen LogP contribution in [-0.4, -0.2) is 19.5 Å². The van der Waals surface area contributed by atoms with E-state index in [1.165, 1.54) is 12.1 Å². The SMILES string of the molecule is CCN1C(=O)C(NC)c2cc(F)ccc21. The van der Waals surface area contributed by atoms with Gasteiger partial charge in [-0.25, -0.2) is 4.39 Å². The monoisotopic (exact) mass is 208 g/mol. The van der Waals surface area contributed by atoms with Crippen LogP contribution in [0.4, 0.5) is 10.1 Å². The predicted molar refractivity (Wildman–Crippen MR) is 56.2 cm³/mol. The summed E-state index contributed by atoms with van der Waals surface area (Å²) in [5, 5.41) is 2.90. The summed E-state index contributed by atoms with van der Waals surface area (Å²) in [6.07, 6.45) is 0. The third-order valence-corrected chi connectivity index (χ3v) is 2.71. The van der Waals surface area contributed by atoms with E-state index in [0.717, 1.165) is 11.3 Å². The quantitative estimate of drug-likeness (QED) is 0.797. The highest BCUT2D eigenvalue weighted by molar-refractivity contribution is 6.04. The lowest BCUT2D eigenvalue weighted by atomic mass is 10.1. The number of fused-ring (bicyclic) bond motifs is 1. The minimum absolute atomic E-state index is 0.0133. The van der Waals surface area contributed by atoms with E-state index in [-0.39, 0.29) is 11.7 Å². The summed E-state index contributed by atoms with van der Waals surface area (Å²) >= 11 is 0. The highest BCUT2D eigenvalue weighted by Gasteiger charge is 2.35. The highest BCUT2D eigenvalue weighted by Crippen LogP contribution is 2.35. The lowest BCUT2D eigenvalue weighted by Gasteiger charge is -2.14. The minimum Gasteiger partial charge on any atom is -0.311 e. The standard InChI is InChI=1S/C11H13FN2O/c1-3-14-9-5-4-7(12)6-8(9)10(13-2)11(14)15/h4-6,10,13H,3H2,1-2H3. The maximum absolute atomic E-state index is 13.1. The van der Waals surface area contributed by atoms with E-state index in [1.54, 1.807) is 18.0 Å². The van der Waals surface area contributed by atoms with Gasteiger partial charge in [0.25, 0.3) is 0 Å². The van der Waals surface area contributed by atoms with Crippen LogP contribution >= 0.6 is 0 Å². The average Bonchev–Trinajstić information content (AvgIpc) is 2.48. The zero-order chi connectivity index (χ0) is 11.0. The summed E-state index contributed by atoms with van der Waals surface area (Å²) in [5.74, 6) is -0.319. The van der Waals surface area contributed by atoms with E-state index in [4.69, 9.17) is 0 Å². The van der Waals surface area contributed by atoms with E-state index in [2.05, 4.69) is 5.32 Å². The molecule has 1 amide bonds. The van der Waals surface area contributed by atoms with Crippen molar-refractivity contribution >= 4 is 11.6 Å². The molecule has 1 aliphatic rings. The van der Waals surface area contributed by atoms with Crippen molar-refractivity contribution in [2.45, 2.75) is 13.0 Å². The van der Waals surface area contributed by atoms with Crippen molar-refractivity contribution in [1.29, 1.82) is 0 Å². The van der Waals surface area contributed by atoms with Gasteiger partial charge in [0.05, 0.1) is 0 Å². The van der Waals surface area contributed by atoms with Crippen molar-refractivity contribution < 1.29 is 9.18 Å². The van der Waals surface area contributed by atoms with Crippen LogP contribution in [0.2, 0.25) is 0 Å². The van der Waals surface area contributed by atoms with Gasteiger partial charge in [-0.2, -0.15) is 0 Å². The minimum atomic E-state index is -0.407. The maximum Gasteiger partial charge on any atom is 0.248 e. The molecule has 0 saturated carbocycles. The van der Waals surface area contributed by atoms with Gasteiger partial charge in [0.1, 0.15) is 11.9 Å². The molecule has 0 fully saturated rings. The van der Waals surface area contributed by atoms with Crippen LogP contribution < -0.4 is 10.2 Å². The molecule has 0 radical (unpaired) electrons. The molecule has 0 aromatic heterocycles. The van der Waals surface area contributed by atoms with Crippen molar-refractivity contribution in [3.8, 4) is 0 Å². The summed E-state index contributed by atoms with van der Waals surface area (Å²) in [5.41, 5.74) is 1.53. The van der Waals surface area contributed by atoms with Gasteiger partial charge in [-0.15, -0.1) is 0 Å². The Balaban J connectivity index is 2.53. The third-order valence-electron chi connectivity index (χ3n) is 2.71. The Labute approximate surface area is 87.9 Å². The first kappa shape index (κ1) is 10.1. The molecule has 80 valence electrons. The Bertz CT molecular complexity index is 406. The second kappa shape index (κ2) is 3.62. The first-order chi connectivity index (χ1) is 7.19. The number of nitrogens with one attached hydrogen (secondary N) is 1. The molecule has 15 heavy (non-hydrogen) atoms. The van der Waals surface area contributed by atoms with Gasteiger partial charge in [0.15, 0.2) is 0 Å². The average molecular weight is 208 g/mol. The molecule has 1 heterocycles. The van der Waals surface area contributed by atoms with Gasteiger partial charge in [-0.05, 0) is 32.2 Å². The summed E-state index contributed by atoms with van der Waals surface area (Å²) < 4.78 is 13.1. The first-order valence-electron chi connectivity index (χ1n) is 4.97. The van der Waals surface area contributed by atoms with Crippen molar-refractivity contribution in [2.75, 3.05) is 18.5 Å². The molecule has 1 aromatic carbocycles.